The maximum absolute atomic E-state index is 8.36. The average Bonchev–Trinajstić information content (AvgIpc) is 2.43. The van der Waals surface area contributed by atoms with Gasteiger partial charge in [0.15, 0.2) is 0 Å². The van der Waals surface area contributed by atoms with Crippen molar-refractivity contribution in [3.8, 4) is 0 Å². The number of rotatable bonds is 10. The summed E-state index contributed by atoms with van der Waals surface area (Å²) in [5.74, 6) is 0. The molecule has 19 heavy (non-hydrogen) atoms. The molecule has 0 aromatic heterocycles. The maximum Gasteiger partial charge on any atom is 0.0612 e. The Morgan fingerprint density at radius 3 is 1.63 bits per heavy atom. The van der Waals surface area contributed by atoms with Gasteiger partial charge in [-0.2, -0.15) is 0 Å². The van der Waals surface area contributed by atoms with Crippen LogP contribution in [-0.4, -0.2) is 23.4 Å². The van der Waals surface area contributed by atoms with Crippen molar-refractivity contribution >= 4 is 0 Å². The molecule has 0 fully saturated rings. The van der Waals surface area contributed by atoms with Gasteiger partial charge in [0.05, 0.1) is 13.2 Å². The molecule has 0 aromatic rings. The first-order chi connectivity index (χ1) is 9.33. The molecule has 0 aliphatic rings. The highest BCUT2D eigenvalue weighted by molar-refractivity contribution is 4.87. The Labute approximate surface area is 119 Å². The summed E-state index contributed by atoms with van der Waals surface area (Å²) in [5.41, 5.74) is 0. The Hall–Kier alpha value is -0.860. The van der Waals surface area contributed by atoms with Crippen LogP contribution in [0.3, 0.4) is 0 Å². The van der Waals surface area contributed by atoms with Crippen LogP contribution in [0.4, 0.5) is 0 Å². The SMILES string of the molecule is CC/C=C\CC/C=C/CO.CCCCC/C=C/CO. The van der Waals surface area contributed by atoms with Gasteiger partial charge in [-0.05, 0) is 32.1 Å². The van der Waals surface area contributed by atoms with Gasteiger partial charge in [-0.25, -0.2) is 0 Å². The van der Waals surface area contributed by atoms with E-state index in [2.05, 4.69) is 26.0 Å². The second kappa shape index (κ2) is 22.3. The van der Waals surface area contributed by atoms with Crippen LogP contribution >= 0.6 is 0 Å². The first-order valence-electron chi connectivity index (χ1n) is 7.50. The highest BCUT2D eigenvalue weighted by Crippen LogP contribution is 1.98. The molecule has 2 heteroatoms. The summed E-state index contributed by atoms with van der Waals surface area (Å²) in [7, 11) is 0. The molecule has 0 saturated carbocycles. The minimum absolute atomic E-state index is 0.164. The monoisotopic (exact) mass is 268 g/mol. The molecule has 0 rings (SSSR count). The molecule has 0 aliphatic heterocycles. The van der Waals surface area contributed by atoms with E-state index in [1.807, 2.05) is 12.2 Å². The fourth-order valence-electron chi connectivity index (χ4n) is 1.37. The lowest BCUT2D eigenvalue weighted by atomic mass is 10.2. The smallest absolute Gasteiger partial charge is 0.0612 e. The van der Waals surface area contributed by atoms with E-state index in [4.69, 9.17) is 10.2 Å². The average molecular weight is 268 g/mol. The van der Waals surface area contributed by atoms with Gasteiger partial charge in [0.2, 0.25) is 0 Å². The highest BCUT2D eigenvalue weighted by atomic mass is 16.3. The quantitative estimate of drug-likeness (QED) is 0.455. The van der Waals surface area contributed by atoms with Gasteiger partial charge in [0.25, 0.3) is 0 Å². The summed E-state index contributed by atoms with van der Waals surface area (Å²) < 4.78 is 0. The van der Waals surface area contributed by atoms with Crippen LogP contribution in [0.25, 0.3) is 0 Å². The summed E-state index contributed by atoms with van der Waals surface area (Å²) >= 11 is 0. The highest BCUT2D eigenvalue weighted by Gasteiger charge is 1.79. The fourth-order valence-corrected chi connectivity index (χ4v) is 1.37. The van der Waals surface area contributed by atoms with Gasteiger partial charge in [0.1, 0.15) is 0 Å². The van der Waals surface area contributed by atoms with E-state index in [1.165, 1.54) is 19.3 Å². The van der Waals surface area contributed by atoms with E-state index in [0.717, 1.165) is 25.7 Å². The molecule has 0 atom stereocenters. The predicted molar refractivity (Wildman–Crippen MR) is 85.3 cm³/mol. The minimum atomic E-state index is 0.164. The van der Waals surface area contributed by atoms with E-state index in [1.54, 1.807) is 12.2 Å². The Balaban J connectivity index is 0. The van der Waals surface area contributed by atoms with Crippen molar-refractivity contribution in [1.29, 1.82) is 0 Å². The van der Waals surface area contributed by atoms with Crippen molar-refractivity contribution in [2.24, 2.45) is 0 Å². The molecule has 0 aliphatic carbocycles. The third kappa shape index (κ3) is 26.7. The molecule has 0 heterocycles. The molecule has 0 saturated heterocycles. The van der Waals surface area contributed by atoms with Crippen molar-refractivity contribution in [3.63, 3.8) is 0 Å². The van der Waals surface area contributed by atoms with Gasteiger partial charge in [-0.1, -0.05) is 63.1 Å². The molecule has 0 aromatic carbocycles. The molecule has 0 unspecified atom stereocenters. The second-order valence-corrected chi connectivity index (χ2v) is 4.26. The van der Waals surface area contributed by atoms with E-state index in [9.17, 15) is 0 Å². The molecule has 0 amide bonds. The zero-order valence-electron chi connectivity index (χ0n) is 12.7. The largest absolute Gasteiger partial charge is 0.392 e. The Morgan fingerprint density at radius 1 is 0.632 bits per heavy atom. The number of hydrogen-bond donors (Lipinski definition) is 2. The third-order valence-corrected chi connectivity index (χ3v) is 2.42. The van der Waals surface area contributed by atoms with Crippen molar-refractivity contribution in [3.05, 3.63) is 36.5 Å². The summed E-state index contributed by atoms with van der Waals surface area (Å²) in [5, 5.41) is 16.7. The molecule has 0 bridgehead atoms. The lowest BCUT2D eigenvalue weighted by Gasteiger charge is -1.89. The second-order valence-electron chi connectivity index (χ2n) is 4.26. The molecular weight excluding hydrogens is 236 g/mol. The van der Waals surface area contributed by atoms with Crippen molar-refractivity contribution in [1.82, 2.24) is 0 Å². The first-order valence-corrected chi connectivity index (χ1v) is 7.50. The maximum atomic E-state index is 8.36. The first kappa shape index (κ1) is 20.5. The van der Waals surface area contributed by atoms with E-state index in [-0.39, 0.29) is 13.2 Å². The summed E-state index contributed by atoms with van der Waals surface area (Å²) in [6, 6.07) is 0. The van der Waals surface area contributed by atoms with Gasteiger partial charge in [-0.15, -0.1) is 0 Å². The number of allylic oxidation sites excluding steroid dienone is 4. The van der Waals surface area contributed by atoms with Gasteiger partial charge in [-0.3, -0.25) is 0 Å². The number of unbranched alkanes of at least 4 members (excludes halogenated alkanes) is 4. The Kier molecular flexibility index (Phi) is 24.0. The van der Waals surface area contributed by atoms with E-state index < -0.39 is 0 Å². The van der Waals surface area contributed by atoms with Crippen LogP contribution in [0.15, 0.2) is 36.5 Å². The molecular formula is C17H32O2. The lowest BCUT2D eigenvalue weighted by Crippen LogP contribution is -1.73. The number of aliphatic hydroxyl groups excluding tert-OH is 2. The van der Waals surface area contributed by atoms with E-state index >= 15 is 0 Å². The molecule has 112 valence electrons. The Bertz CT molecular complexity index is 203. The van der Waals surface area contributed by atoms with Crippen molar-refractivity contribution in [2.45, 2.75) is 58.8 Å². The van der Waals surface area contributed by atoms with Crippen LogP contribution in [0.1, 0.15) is 58.8 Å². The lowest BCUT2D eigenvalue weighted by molar-refractivity contribution is 0.342. The number of hydrogen-bond acceptors (Lipinski definition) is 2. The normalized spacial score (nSPS) is 11.4. The molecule has 2 N–H and O–H groups in total. The van der Waals surface area contributed by atoms with Gasteiger partial charge in [0, 0.05) is 0 Å². The van der Waals surface area contributed by atoms with Crippen LogP contribution < -0.4 is 0 Å². The zero-order valence-corrected chi connectivity index (χ0v) is 12.7. The summed E-state index contributed by atoms with van der Waals surface area (Å²) in [6.07, 6.45) is 20.1. The van der Waals surface area contributed by atoms with Gasteiger partial charge >= 0.3 is 0 Å². The predicted octanol–water partition coefficient (Wildman–Crippen LogP) is 4.40. The molecule has 0 spiro atoms. The van der Waals surface area contributed by atoms with E-state index in [0.29, 0.717) is 0 Å². The topological polar surface area (TPSA) is 40.5 Å². The summed E-state index contributed by atoms with van der Waals surface area (Å²) in [6.45, 7) is 4.67. The Morgan fingerprint density at radius 2 is 1.16 bits per heavy atom. The van der Waals surface area contributed by atoms with Crippen molar-refractivity contribution < 1.29 is 10.2 Å². The summed E-state index contributed by atoms with van der Waals surface area (Å²) in [4.78, 5) is 0. The van der Waals surface area contributed by atoms with Gasteiger partial charge < -0.3 is 10.2 Å². The van der Waals surface area contributed by atoms with Crippen molar-refractivity contribution in [2.75, 3.05) is 13.2 Å². The molecule has 0 radical (unpaired) electrons. The van der Waals surface area contributed by atoms with Crippen LogP contribution in [0, 0.1) is 0 Å². The zero-order chi connectivity index (χ0) is 14.6. The number of aliphatic hydroxyl groups is 2. The molecule has 2 nitrogen and oxygen atoms in total. The van der Waals surface area contributed by atoms with Crippen LogP contribution in [-0.2, 0) is 0 Å². The standard InChI is InChI=1S/C9H16O.C8H16O/c1-2-3-4-5-6-7-8-9-10;1-2-3-4-5-6-7-8-9/h3-4,7-8,10H,2,5-6,9H2,1H3;6-7,9H,2-5,8H2,1H3/b4-3-,8-7+;7-6+. The van der Waals surface area contributed by atoms with Crippen LogP contribution in [0.2, 0.25) is 0 Å². The van der Waals surface area contributed by atoms with Crippen LogP contribution in [0.5, 0.6) is 0 Å². The third-order valence-electron chi connectivity index (χ3n) is 2.42. The fraction of sp³-hybridized carbons (Fsp3) is 0.647. The minimum Gasteiger partial charge on any atom is -0.392 e.